The zero-order valence-electron chi connectivity index (χ0n) is 8.87. The summed E-state index contributed by atoms with van der Waals surface area (Å²) in [5, 5.41) is 6.79. The van der Waals surface area contributed by atoms with E-state index in [1.165, 1.54) is 0 Å². The fraction of sp³-hybridized carbons (Fsp3) is 0.0909. The average molecular weight is 227 g/mol. The molecule has 0 saturated carbocycles. The number of rotatable bonds is 3. The summed E-state index contributed by atoms with van der Waals surface area (Å²) >= 11 is 0. The van der Waals surface area contributed by atoms with Gasteiger partial charge in [0, 0.05) is 16.5 Å². The third-order valence-electron chi connectivity index (χ3n) is 2.18. The maximum Gasteiger partial charge on any atom is 0.230 e. The van der Waals surface area contributed by atoms with E-state index in [9.17, 15) is 4.79 Å². The van der Waals surface area contributed by atoms with Crippen LogP contribution in [0.5, 0.6) is 0 Å². The van der Waals surface area contributed by atoms with Crippen LogP contribution < -0.4 is 5.32 Å². The van der Waals surface area contributed by atoms with Crippen LogP contribution in [0.3, 0.4) is 0 Å². The largest absolute Gasteiger partial charge is 0.324 e. The van der Waals surface area contributed by atoms with Gasteiger partial charge in [0.05, 0.1) is 11.2 Å². The van der Waals surface area contributed by atoms with E-state index in [0.717, 1.165) is 5.39 Å². The normalized spacial score (nSPS) is 9.65. The van der Waals surface area contributed by atoms with Crippen LogP contribution in [0.2, 0.25) is 0 Å². The monoisotopic (exact) mass is 227 g/mol. The lowest BCUT2D eigenvalue weighted by atomic mass is 10.2. The van der Waals surface area contributed by atoms with Crippen molar-refractivity contribution in [1.29, 1.82) is 0 Å². The number of para-hydroxylation sites is 1. The minimum absolute atomic E-state index is 0.222. The number of pyridine rings is 1. The van der Waals surface area contributed by atoms with Crippen molar-refractivity contribution in [2.45, 2.75) is 0 Å². The molecule has 1 amide bonds. The van der Waals surface area contributed by atoms with E-state index in [4.69, 9.17) is 5.53 Å². The molecule has 0 unspecified atom stereocenters. The fourth-order valence-electron chi connectivity index (χ4n) is 1.49. The molecule has 0 atom stereocenters. The maximum atomic E-state index is 11.4. The van der Waals surface area contributed by atoms with Crippen molar-refractivity contribution in [3.05, 3.63) is 47.0 Å². The quantitative estimate of drug-likeness (QED) is 0.495. The lowest BCUT2D eigenvalue weighted by Crippen LogP contribution is -2.14. The molecule has 6 nitrogen and oxygen atoms in total. The highest BCUT2D eigenvalue weighted by atomic mass is 16.1. The van der Waals surface area contributed by atoms with Gasteiger partial charge in [-0.3, -0.25) is 9.78 Å². The molecule has 1 aromatic carbocycles. The summed E-state index contributed by atoms with van der Waals surface area (Å²) in [6, 6.07) is 9.22. The Morgan fingerprint density at radius 1 is 1.41 bits per heavy atom. The number of anilines is 1. The van der Waals surface area contributed by atoms with Crippen LogP contribution >= 0.6 is 0 Å². The molecule has 0 radical (unpaired) electrons. The van der Waals surface area contributed by atoms with Crippen LogP contribution in [0.15, 0.2) is 41.6 Å². The Morgan fingerprint density at radius 2 is 2.24 bits per heavy atom. The molecule has 1 N–H and O–H groups in total. The molecule has 2 aromatic rings. The van der Waals surface area contributed by atoms with Gasteiger partial charge in [0.25, 0.3) is 0 Å². The number of azide groups is 1. The van der Waals surface area contributed by atoms with Crippen LogP contribution in [-0.2, 0) is 4.79 Å². The van der Waals surface area contributed by atoms with Crippen molar-refractivity contribution in [3.8, 4) is 0 Å². The lowest BCUT2D eigenvalue weighted by molar-refractivity contribution is -0.114. The van der Waals surface area contributed by atoms with E-state index in [2.05, 4.69) is 20.3 Å². The zero-order chi connectivity index (χ0) is 12.1. The summed E-state index contributed by atoms with van der Waals surface area (Å²) < 4.78 is 0. The molecule has 0 bridgehead atoms. The minimum Gasteiger partial charge on any atom is -0.324 e. The number of fused-ring (bicyclic) bond motifs is 1. The Morgan fingerprint density at radius 3 is 3.06 bits per heavy atom. The van der Waals surface area contributed by atoms with Gasteiger partial charge in [0.2, 0.25) is 5.91 Å². The number of hydrogen-bond acceptors (Lipinski definition) is 3. The van der Waals surface area contributed by atoms with Gasteiger partial charge in [0.15, 0.2) is 0 Å². The van der Waals surface area contributed by atoms with Gasteiger partial charge in [-0.05, 0) is 17.7 Å². The number of amides is 1. The van der Waals surface area contributed by atoms with Crippen LogP contribution in [0.4, 0.5) is 5.69 Å². The fourth-order valence-corrected chi connectivity index (χ4v) is 1.49. The van der Waals surface area contributed by atoms with E-state index in [1.54, 1.807) is 12.3 Å². The van der Waals surface area contributed by atoms with Gasteiger partial charge in [0.1, 0.15) is 6.54 Å². The second-order valence-electron chi connectivity index (χ2n) is 3.32. The molecular weight excluding hydrogens is 218 g/mol. The molecule has 0 fully saturated rings. The van der Waals surface area contributed by atoms with E-state index in [-0.39, 0.29) is 12.5 Å². The highest BCUT2D eigenvalue weighted by Crippen LogP contribution is 2.20. The summed E-state index contributed by atoms with van der Waals surface area (Å²) in [5.74, 6) is -0.360. The topological polar surface area (TPSA) is 90.8 Å². The molecule has 6 heteroatoms. The molecule has 1 heterocycles. The first kappa shape index (κ1) is 10.9. The summed E-state index contributed by atoms with van der Waals surface area (Å²) in [5.41, 5.74) is 9.44. The summed E-state index contributed by atoms with van der Waals surface area (Å²) in [6.45, 7) is -0.222. The molecule has 0 spiro atoms. The summed E-state index contributed by atoms with van der Waals surface area (Å²) in [7, 11) is 0. The number of benzene rings is 1. The van der Waals surface area contributed by atoms with Crippen LogP contribution in [0.1, 0.15) is 0 Å². The molecule has 0 saturated heterocycles. The van der Waals surface area contributed by atoms with E-state index in [1.807, 2.05) is 24.3 Å². The number of carbonyl (C=O) groups is 1. The number of carbonyl (C=O) groups excluding carboxylic acids is 1. The van der Waals surface area contributed by atoms with Crippen molar-refractivity contribution >= 4 is 22.5 Å². The molecule has 0 aliphatic carbocycles. The third-order valence-corrected chi connectivity index (χ3v) is 2.18. The van der Waals surface area contributed by atoms with Crippen molar-refractivity contribution in [1.82, 2.24) is 4.98 Å². The van der Waals surface area contributed by atoms with E-state index >= 15 is 0 Å². The lowest BCUT2D eigenvalue weighted by Gasteiger charge is -2.06. The molecule has 2 rings (SSSR count). The van der Waals surface area contributed by atoms with Gasteiger partial charge in [-0.15, -0.1) is 0 Å². The van der Waals surface area contributed by atoms with Gasteiger partial charge in [-0.2, -0.15) is 0 Å². The highest BCUT2D eigenvalue weighted by Gasteiger charge is 2.04. The predicted octanol–water partition coefficient (Wildman–Crippen LogP) is 2.48. The molecule has 1 aromatic heterocycles. The van der Waals surface area contributed by atoms with E-state index in [0.29, 0.717) is 11.2 Å². The third kappa shape index (κ3) is 2.50. The number of nitrogens with one attached hydrogen (secondary N) is 1. The number of aromatic nitrogens is 1. The number of nitrogens with zero attached hydrogens (tertiary/aromatic N) is 4. The molecular formula is C11H9N5O. The van der Waals surface area contributed by atoms with Crippen molar-refractivity contribution < 1.29 is 4.79 Å². The first-order valence-electron chi connectivity index (χ1n) is 4.96. The molecule has 0 aliphatic heterocycles. The Bertz CT molecular complexity index is 598. The van der Waals surface area contributed by atoms with Crippen molar-refractivity contribution in [2.24, 2.45) is 5.11 Å². The molecule has 17 heavy (non-hydrogen) atoms. The first-order chi connectivity index (χ1) is 8.31. The van der Waals surface area contributed by atoms with Crippen LogP contribution in [0.25, 0.3) is 21.3 Å². The average Bonchev–Trinajstić information content (AvgIpc) is 2.37. The molecule has 84 valence electrons. The second kappa shape index (κ2) is 4.96. The Kier molecular flexibility index (Phi) is 3.18. The summed E-state index contributed by atoms with van der Waals surface area (Å²) in [4.78, 5) is 18.1. The van der Waals surface area contributed by atoms with Crippen molar-refractivity contribution in [3.63, 3.8) is 0 Å². The maximum absolute atomic E-state index is 11.4. The highest BCUT2D eigenvalue weighted by molar-refractivity contribution is 6.00. The van der Waals surface area contributed by atoms with Crippen molar-refractivity contribution in [2.75, 3.05) is 11.9 Å². The van der Waals surface area contributed by atoms with Gasteiger partial charge >= 0.3 is 0 Å². The first-order valence-corrected chi connectivity index (χ1v) is 4.96. The Hall–Kier alpha value is -2.59. The minimum atomic E-state index is -0.360. The predicted molar refractivity (Wildman–Crippen MR) is 64.4 cm³/mol. The smallest absolute Gasteiger partial charge is 0.230 e. The second-order valence-corrected chi connectivity index (χ2v) is 3.32. The van der Waals surface area contributed by atoms with Crippen LogP contribution in [0, 0.1) is 0 Å². The van der Waals surface area contributed by atoms with E-state index < -0.39 is 0 Å². The molecule has 0 aliphatic rings. The Balaban J connectivity index is 2.29. The van der Waals surface area contributed by atoms with Crippen LogP contribution in [-0.4, -0.2) is 17.4 Å². The standard InChI is InChI=1S/C11H9N5O/c12-16-14-7-10(17)15-9-5-1-3-8-4-2-6-13-11(8)9/h1-6H,7H2,(H,15,17). The van der Waals surface area contributed by atoms with Gasteiger partial charge in [-0.1, -0.05) is 23.3 Å². The number of hydrogen-bond donors (Lipinski definition) is 1. The SMILES string of the molecule is [N-]=[N+]=NCC(=O)Nc1cccc2cccnc12. The van der Waals surface area contributed by atoms with Gasteiger partial charge < -0.3 is 5.32 Å². The summed E-state index contributed by atoms with van der Waals surface area (Å²) in [6.07, 6.45) is 1.66. The Labute approximate surface area is 96.9 Å². The van der Waals surface area contributed by atoms with Gasteiger partial charge in [-0.25, -0.2) is 0 Å². The zero-order valence-corrected chi connectivity index (χ0v) is 8.87.